The molecule has 33 heavy (non-hydrogen) atoms. The maximum atomic E-state index is 14.6. The van der Waals surface area contributed by atoms with E-state index in [4.69, 9.17) is 4.52 Å². The monoisotopic (exact) mass is 460 g/mol. The zero-order chi connectivity index (χ0) is 23.8. The molecule has 11 heteroatoms. The molecule has 0 bridgehead atoms. The maximum absolute atomic E-state index is 14.6. The number of aromatic nitrogens is 3. The number of hydrogen-bond donors (Lipinski definition) is 0. The fraction of sp³-hybridized carbons (Fsp3) is 0.0909. The summed E-state index contributed by atoms with van der Waals surface area (Å²) in [6.07, 6.45) is -2.30. The summed E-state index contributed by atoms with van der Waals surface area (Å²) in [5.41, 5.74) is -1.98. The van der Waals surface area contributed by atoms with Gasteiger partial charge in [0, 0.05) is 24.8 Å². The van der Waals surface area contributed by atoms with E-state index in [0.717, 1.165) is 37.5 Å². The lowest BCUT2D eigenvalue weighted by Gasteiger charge is -2.23. The number of carbonyl (C=O) groups excluding carboxylic acids is 1. The van der Waals surface area contributed by atoms with Gasteiger partial charge in [0.25, 0.3) is 0 Å². The summed E-state index contributed by atoms with van der Waals surface area (Å²) < 4.78 is 74.3. The van der Waals surface area contributed by atoms with E-state index in [0.29, 0.717) is 11.0 Å². The largest absolute Gasteiger partial charge is 0.418 e. The molecular formula is C22H13F5N4O2. The number of carbonyl (C=O) groups is 1. The Bertz CT molecular complexity index is 1320. The molecule has 0 radical (unpaired) electrons. The Balaban J connectivity index is 2.02. The standard InChI is InChI=1S/C22H13F5N4O2/c1-12(32)31(18-5-3-2-4-15(18)22(25,26)27)21-19(17-8-9-28-11-29-17)20(30-33-21)14-7-6-13(23)10-16(14)24/h2-11H,1H3. The van der Waals surface area contributed by atoms with Gasteiger partial charge in [-0.25, -0.2) is 23.6 Å². The minimum absolute atomic E-state index is 0.0740. The van der Waals surface area contributed by atoms with Crippen LogP contribution in [0.1, 0.15) is 12.5 Å². The molecule has 2 aromatic heterocycles. The molecule has 0 aliphatic rings. The Labute approximate surface area is 183 Å². The van der Waals surface area contributed by atoms with Crippen LogP contribution in [0.3, 0.4) is 0 Å². The number of rotatable bonds is 4. The van der Waals surface area contributed by atoms with Crippen molar-refractivity contribution in [2.45, 2.75) is 13.1 Å². The zero-order valence-electron chi connectivity index (χ0n) is 16.8. The second kappa shape index (κ2) is 8.41. The number of halogens is 5. The van der Waals surface area contributed by atoms with Crippen LogP contribution in [0, 0.1) is 11.6 Å². The third-order valence-corrected chi connectivity index (χ3v) is 4.67. The first-order valence-electron chi connectivity index (χ1n) is 9.37. The average molecular weight is 460 g/mol. The van der Waals surface area contributed by atoms with Crippen LogP contribution in [0.25, 0.3) is 22.5 Å². The molecule has 2 aromatic carbocycles. The highest BCUT2D eigenvalue weighted by atomic mass is 19.4. The normalized spacial score (nSPS) is 11.5. The summed E-state index contributed by atoms with van der Waals surface area (Å²) in [5.74, 6) is -3.08. The van der Waals surface area contributed by atoms with Crippen LogP contribution in [0.5, 0.6) is 0 Å². The lowest BCUT2D eigenvalue weighted by molar-refractivity contribution is -0.137. The van der Waals surface area contributed by atoms with Crippen molar-refractivity contribution in [3.05, 3.63) is 78.3 Å². The first-order valence-corrected chi connectivity index (χ1v) is 9.37. The van der Waals surface area contributed by atoms with Crippen molar-refractivity contribution in [1.82, 2.24) is 15.1 Å². The topological polar surface area (TPSA) is 72.1 Å². The van der Waals surface area contributed by atoms with E-state index in [1.54, 1.807) is 0 Å². The van der Waals surface area contributed by atoms with E-state index >= 15 is 0 Å². The van der Waals surface area contributed by atoms with Crippen molar-refractivity contribution in [3.8, 4) is 22.5 Å². The molecule has 4 aromatic rings. The van der Waals surface area contributed by atoms with Crippen LogP contribution in [-0.2, 0) is 11.0 Å². The molecule has 0 N–H and O–H groups in total. The molecular weight excluding hydrogens is 447 g/mol. The molecule has 6 nitrogen and oxygen atoms in total. The van der Waals surface area contributed by atoms with Crippen molar-refractivity contribution < 1.29 is 31.3 Å². The Kier molecular flexibility index (Phi) is 5.62. The number of benzene rings is 2. The number of alkyl halides is 3. The summed E-state index contributed by atoms with van der Waals surface area (Å²) in [7, 11) is 0. The maximum Gasteiger partial charge on any atom is 0.418 e. The van der Waals surface area contributed by atoms with Gasteiger partial charge in [-0.3, -0.25) is 4.79 Å². The molecule has 0 saturated carbocycles. The fourth-order valence-electron chi connectivity index (χ4n) is 3.30. The number of nitrogens with zero attached hydrogens (tertiary/aromatic N) is 4. The second-order valence-electron chi connectivity index (χ2n) is 6.80. The van der Waals surface area contributed by atoms with Gasteiger partial charge in [0.15, 0.2) is 0 Å². The summed E-state index contributed by atoms with van der Waals surface area (Å²) in [6, 6.07) is 8.49. The van der Waals surface area contributed by atoms with Gasteiger partial charge in [-0.2, -0.15) is 13.2 Å². The van der Waals surface area contributed by atoms with Gasteiger partial charge >= 0.3 is 6.18 Å². The predicted octanol–water partition coefficient (Wildman–Crippen LogP) is 5.78. The van der Waals surface area contributed by atoms with Crippen LogP contribution in [0.15, 0.2) is 65.6 Å². The molecule has 0 fully saturated rings. The molecule has 0 spiro atoms. The molecule has 1 amide bonds. The van der Waals surface area contributed by atoms with Crippen LogP contribution < -0.4 is 4.90 Å². The zero-order valence-corrected chi connectivity index (χ0v) is 16.8. The summed E-state index contributed by atoms with van der Waals surface area (Å²) in [4.78, 5) is 21.1. The molecule has 0 saturated heterocycles. The summed E-state index contributed by atoms with van der Waals surface area (Å²) in [6.45, 7) is 1.04. The molecule has 0 unspecified atom stereocenters. The quantitative estimate of drug-likeness (QED) is 0.361. The third kappa shape index (κ3) is 4.16. The van der Waals surface area contributed by atoms with E-state index < -0.39 is 40.9 Å². The predicted molar refractivity (Wildman–Crippen MR) is 107 cm³/mol. The number of anilines is 2. The lowest BCUT2D eigenvalue weighted by Crippen LogP contribution is -2.26. The van der Waals surface area contributed by atoms with Crippen LogP contribution in [0.2, 0.25) is 0 Å². The van der Waals surface area contributed by atoms with Crippen molar-refractivity contribution in [3.63, 3.8) is 0 Å². The van der Waals surface area contributed by atoms with Gasteiger partial charge in [0.05, 0.1) is 22.5 Å². The highest BCUT2D eigenvalue weighted by molar-refractivity contribution is 6.03. The van der Waals surface area contributed by atoms with Gasteiger partial charge < -0.3 is 4.52 Å². The third-order valence-electron chi connectivity index (χ3n) is 4.67. The van der Waals surface area contributed by atoms with Crippen molar-refractivity contribution in [2.75, 3.05) is 4.90 Å². The molecule has 168 valence electrons. The molecule has 0 aliphatic heterocycles. The highest BCUT2D eigenvalue weighted by Crippen LogP contribution is 2.45. The lowest BCUT2D eigenvalue weighted by atomic mass is 10.0. The van der Waals surface area contributed by atoms with Crippen molar-refractivity contribution in [1.29, 1.82) is 0 Å². The van der Waals surface area contributed by atoms with Crippen molar-refractivity contribution >= 4 is 17.5 Å². The van der Waals surface area contributed by atoms with E-state index in [2.05, 4.69) is 15.1 Å². The van der Waals surface area contributed by atoms with Crippen LogP contribution in [-0.4, -0.2) is 21.0 Å². The Hall–Kier alpha value is -4.15. The van der Waals surface area contributed by atoms with E-state index in [9.17, 15) is 26.7 Å². The van der Waals surface area contributed by atoms with E-state index in [1.165, 1.54) is 24.4 Å². The Morgan fingerprint density at radius 1 is 1.06 bits per heavy atom. The Morgan fingerprint density at radius 3 is 2.45 bits per heavy atom. The highest BCUT2D eigenvalue weighted by Gasteiger charge is 2.38. The summed E-state index contributed by atoms with van der Waals surface area (Å²) >= 11 is 0. The number of para-hydroxylation sites is 1. The van der Waals surface area contributed by atoms with Gasteiger partial charge in [0.1, 0.15) is 23.7 Å². The minimum atomic E-state index is -4.79. The first kappa shape index (κ1) is 22.1. The van der Waals surface area contributed by atoms with Gasteiger partial charge in [0.2, 0.25) is 11.8 Å². The number of amides is 1. The fourth-order valence-corrected chi connectivity index (χ4v) is 3.30. The van der Waals surface area contributed by atoms with Gasteiger partial charge in [-0.1, -0.05) is 17.3 Å². The average Bonchev–Trinajstić information content (AvgIpc) is 3.18. The second-order valence-corrected chi connectivity index (χ2v) is 6.80. The van der Waals surface area contributed by atoms with Gasteiger partial charge in [-0.15, -0.1) is 0 Å². The smallest absolute Gasteiger partial charge is 0.336 e. The minimum Gasteiger partial charge on any atom is -0.336 e. The van der Waals surface area contributed by atoms with Crippen LogP contribution in [0.4, 0.5) is 33.5 Å². The molecule has 0 atom stereocenters. The van der Waals surface area contributed by atoms with E-state index in [-0.39, 0.29) is 22.5 Å². The molecule has 2 heterocycles. The Morgan fingerprint density at radius 2 is 1.82 bits per heavy atom. The molecule has 4 rings (SSSR count). The number of hydrogen-bond acceptors (Lipinski definition) is 5. The molecule has 0 aliphatic carbocycles. The van der Waals surface area contributed by atoms with E-state index in [1.807, 2.05) is 0 Å². The first-order chi connectivity index (χ1) is 15.7. The van der Waals surface area contributed by atoms with Gasteiger partial charge in [-0.05, 0) is 30.3 Å². The SMILES string of the molecule is CC(=O)N(c1ccccc1C(F)(F)F)c1onc(-c2ccc(F)cc2F)c1-c1ccncn1. The van der Waals surface area contributed by atoms with Crippen molar-refractivity contribution in [2.24, 2.45) is 0 Å². The summed E-state index contributed by atoms with van der Waals surface area (Å²) in [5, 5.41) is 3.80. The van der Waals surface area contributed by atoms with Crippen LogP contribution >= 0.6 is 0 Å².